The fourth-order valence-electron chi connectivity index (χ4n) is 2.39. The lowest BCUT2D eigenvalue weighted by molar-refractivity contribution is -0.683. The normalized spacial score (nSPS) is 11.7. The lowest BCUT2D eigenvalue weighted by Crippen LogP contribution is -2.30. The zero-order valence-electron chi connectivity index (χ0n) is 14.0. The molecule has 128 valence electrons. The molecule has 25 heavy (non-hydrogen) atoms. The first-order valence-corrected chi connectivity index (χ1v) is 8.75. The summed E-state index contributed by atoms with van der Waals surface area (Å²) in [5, 5.41) is 14.3. The van der Waals surface area contributed by atoms with Crippen LogP contribution in [0.1, 0.15) is 12.5 Å². The average molecular weight is 355 g/mol. The first kappa shape index (κ1) is 17.0. The SMILES string of the molecule is C/C(=N/NC(=O)CSc1[nH]c2ccccc2[n+]1C)c1ccc(O)cc1. The second kappa shape index (κ2) is 7.40. The molecule has 0 saturated heterocycles. The number of carbonyl (C=O) groups is 1. The number of H-pyrrole nitrogens is 1. The van der Waals surface area contributed by atoms with Crippen molar-refractivity contribution >= 4 is 34.4 Å². The van der Waals surface area contributed by atoms with Gasteiger partial charge in [-0.3, -0.25) is 4.79 Å². The number of para-hydroxylation sites is 2. The largest absolute Gasteiger partial charge is 0.508 e. The molecule has 0 atom stereocenters. The second-order valence-electron chi connectivity index (χ2n) is 5.57. The molecule has 0 aliphatic carbocycles. The van der Waals surface area contributed by atoms with E-state index in [2.05, 4.69) is 15.5 Å². The van der Waals surface area contributed by atoms with Crippen LogP contribution in [0.4, 0.5) is 0 Å². The van der Waals surface area contributed by atoms with E-state index in [4.69, 9.17) is 0 Å². The van der Waals surface area contributed by atoms with Crippen molar-refractivity contribution in [2.45, 2.75) is 12.1 Å². The van der Waals surface area contributed by atoms with Crippen LogP contribution in [0, 0.1) is 0 Å². The minimum atomic E-state index is -0.179. The number of hydrazone groups is 1. The highest BCUT2D eigenvalue weighted by atomic mass is 32.2. The van der Waals surface area contributed by atoms with Gasteiger partial charge in [-0.15, -0.1) is 0 Å². The predicted octanol–water partition coefficient (Wildman–Crippen LogP) is 2.33. The van der Waals surface area contributed by atoms with Crippen molar-refractivity contribution in [1.29, 1.82) is 0 Å². The van der Waals surface area contributed by atoms with Gasteiger partial charge in [0.05, 0.1) is 18.5 Å². The molecule has 1 amide bonds. The number of aryl methyl sites for hydroxylation is 1. The molecule has 3 N–H and O–H groups in total. The van der Waals surface area contributed by atoms with E-state index >= 15 is 0 Å². The molecule has 0 aliphatic heterocycles. The highest BCUT2D eigenvalue weighted by molar-refractivity contribution is 7.99. The fourth-order valence-corrected chi connectivity index (χ4v) is 3.20. The van der Waals surface area contributed by atoms with Gasteiger partial charge in [-0.05, 0) is 60.6 Å². The molecule has 3 rings (SSSR count). The van der Waals surface area contributed by atoms with E-state index in [1.165, 1.54) is 11.8 Å². The van der Waals surface area contributed by atoms with E-state index in [1.807, 2.05) is 35.9 Å². The number of fused-ring (bicyclic) bond motifs is 1. The third kappa shape index (κ3) is 4.00. The summed E-state index contributed by atoms with van der Waals surface area (Å²) in [5.74, 6) is 0.275. The van der Waals surface area contributed by atoms with E-state index in [0.29, 0.717) is 5.71 Å². The number of carbonyl (C=O) groups excluding carboxylic acids is 1. The number of phenolic OH excluding ortho intramolecular Hbond substituents is 1. The van der Waals surface area contributed by atoms with Crippen LogP contribution in [-0.4, -0.2) is 27.5 Å². The standard InChI is InChI=1S/C18H18N4O2S/c1-12(13-7-9-14(23)10-8-13)20-21-17(24)11-25-18-19-15-5-3-4-6-16(15)22(18)2/h3-10H,11H2,1-2H3,(H2,20,21,23,24)/p+1. The van der Waals surface area contributed by atoms with Crippen molar-refractivity contribution in [2.75, 3.05) is 5.75 Å². The van der Waals surface area contributed by atoms with E-state index in [9.17, 15) is 9.90 Å². The van der Waals surface area contributed by atoms with Crippen LogP contribution in [0.5, 0.6) is 5.75 Å². The lowest BCUT2D eigenvalue weighted by atomic mass is 10.1. The number of hydrogen-bond donors (Lipinski definition) is 3. The molecular formula is C18H19N4O2S+. The predicted molar refractivity (Wildman–Crippen MR) is 98.7 cm³/mol. The Balaban J connectivity index is 1.59. The van der Waals surface area contributed by atoms with Crippen molar-refractivity contribution < 1.29 is 14.5 Å². The third-order valence-corrected chi connectivity index (χ3v) is 4.84. The van der Waals surface area contributed by atoms with Crippen LogP contribution in [0.15, 0.2) is 58.8 Å². The summed E-state index contributed by atoms with van der Waals surface area (Å²) in [7, 11) is 1.96. The number of aromatic hydroxyl groups is 1. The second-order valence-corrected chi connectivity index (χ2v) is 6.54. The van der Waals surface area contributed by atoms with Gasteiger partial charge >= 0.3 is 5.16 Å². The van der Waals surface area contributed by atoms with Crippen LogP contribution in [0.3, 0.4) is 0 Å². The summed E-state index contributed by atoms with van der Waals surface area (Å²) >= 11 is 1.42. The number of hydrogen-bond acceptors (Lipinski definition) is 4. The van der Waals surface area contributed by atoms with Gasteiger partial charge in [-0.2, -0.15) is 5.10 Å². The molecule has 3 aromatic rings. The number of nitrogens with one attached hydrogen (secondary N) is 2. The van der Waals surface area contributed by atoms with Crippen LogP contribution in [-0.2, 0) is 11.8 Å². The number of benzene rings is 2. The minimum absolute atomic E-state index is 0.179. The Kier molecular flexibility index (Phi) is 5.04. The van der Waals surface area contributed by atoms with Crippen molar-refractivity contribution in [2.24, 2.45) is 12.1 Å². The summed E-state index contributed by atoms with van der Waals surface area (Å²) in [6.07, 6.45) is 0. The number of rotatable bonds is 5. The highest BCUT2D eigenvalue weighted by Crippen LogP contribution is 2.16. The molecule has 0 aliphatic rings. The van der Waals surface area contributed by atoms with Crippen LogP contribution < -0.4 is 9.99 Å². The van der Waals surface area contributed by atoms with Gasteiger partial charge in [-0.25, -0.2) is 15.0 Å². The van der Waals surface area contributed by atoms with Gasteiger partial charge in [-0.1, -0.05) is 12.1 Å². The summed E-state index contributed by atoms with van der Waals surface area (Å²) in [5.41, 5.74) is 6.20. The smallest absolute Gasteiger partial charge is 0.317 e. The Morgan fingerprint density at radius 1 is 1.24 bits per heavy atom. The van der Waals surface area contributed by atoms with Gasteiger partial charge in [0, 0.05) is 0 Å². The number of nitrogens with zero attached hydrogens (tertiary/aromatic N) is 2. The Morgan fingerprint density at radius 2 is 1.96 bits per heavy atom. The maximum atomic E-state index is 12.0. The number of imidazole rings is 1. The molecule has 1 heterocycles. The summed E-state index contributed by atoms with van der Waals surface area (Å²) < 4.78 is 2.03. The highest BCUT2D eigenvalue weighted by Gasteiger charge is 2.16. The van der Waals surface area contributed by atoms with Crippen molar-refractivity contribution in [3.05, 3.63) is 54.1 Å². The zero-order valence-corrected chi connectivity index (χ0v) is 14.8. The number of aromatic amines is 1. The average Bonchev–Trinajstić information content (AvgIpc) is 2.95. The molecule has 2 aromatic carbocycles. The monoisotopic (exact) mass is 355 g/mol. The van der Waals surface area contributed by atoms with E-state index in [1.54, 1.807) is 31.2 Å². The fraction of sp³-hybridized carbons (Fsp3) is 0.167. The zero-order chi connectivity index (χ0) is 17.8. The molecule has 6 nitrogen and oxygen atoms in total. The summed E-state index contributed by atoms with van der Waals surface area (Å²) in [4.78, 5) is 15.3. The molecule has 0 radical (unpaired) electrons. The van der Waals surface area contributed by atoms with Gasteiger partial charge in [0.25, 0.3) is 5.91 Å². The van der Waals surface area contributed by atoms with Crippen molar-refractivity contribution in [1.82, 2.24) is 10.4 Å². The molecule has 1 aromatic heterocycles. The summed E-state index contributed by atoms with van der Waals surface area (Å²) in [6.45, 7) is 1.80. The van der Waals surface area contributed by atoms with Crippen molar-refractivity contribution in [3.8, 4) is 5.75 Å². The number of amides is 1. The lowest BCUT2D eigenvalue weighted by Gasteiger charge is -2.02. The quantitative estimate of drug-likeness (QED) is 0.284. The molecule has 0 fully saturated rings. The van der Waals surface area contributed by atoms with Gasteiger partial charge in [0.2, 0.25) is 0 Å². The molecule has 0 saturated carbocycles. The minimum Gasteiger partial charge on any atom is -0.508 e. The van der Waals surface area contributed by atoms with Gasteiger partial charge in [0.1, 0.15) is 5.75 Å². The van der Waals surface area contributed by atoms with Crippen LogP contribution in [0.25, 0.3) is 11.0 Å². The maximum Gasteiger partial charge on any atom is 0.317 e. The molecule has 0 spiro atoms. The van der Waals surface area contributed by atoms with E-state index in [0.717, 1.165) is 21.8 Å². The van der Waals surface area contributed by atoms with E-state index in [-0.39, 0.29) is 17.4 Å². The van der Waals surface area contributed by atoms with Crippen LogP contribution in [0.2, 0.25) is 0 Å². The Morgan fingerprint density at radius 3 is 2.68 bits per heavy atom. The Hall–Kier alpha value is -2.80. The number of thioether (sulfide) groups is 1. The molecule has 0 unspecified atom stereocenters. The number of aromatic nitrogens is 2. The topological polar surface area (TPSA) is 81.4 Å². The molecule has 0 bridgehead atoms. The maximum absolute atomic E-state index is 12.0. The summed E-state index contributed by atoms with van der Waals surface area (Å²) in [6, 6.07) is 14.7. The Bertz CT molecular complexity index is 932. The van der Waals surface area contributed by atoms with Crippen molar-refractivity contribution in [3.63, 3.8) is 0 Å². The van der Waals surface area contributed by atoms with E-state index < -0.39 is 0 Å². The van der Waals surface area contributed by atoms with Gasteiger partial charge in [0.15, 0.2) is 11.0 Å². The number of phenols is 1. The third-order valence-electron chi connectivity index (χ3n) is 3.79. The molecule has 7 heteroatoms. The first-order chi connectivity index (χ1) is 12.0. The Labute approximate surface area is 149 Å². The first-order valence-electron chi connectivity index (χ1n) is 7.76. The van der Waals surface area contributed by atoms with Crippen LogP contribution >= 0.6 is 11.8 Å². The molecular weight excluding hydrogens is 336 g/mol. The van der Waals surface area contributed by atoms with Gasteiger partial charge < -0.3 is 5.11 Å².